The smallest absolute Gasteiger partial charge is 0.238 e. The highest BCUT2D eigenvalue weighted by Crippen LogP contribution is 2.28. The maximum atomic E-state index is 12.4. The number of aryl methyl sites for hydroxylation is 1. The molecule has 24 heavy (non-hydrogen) atoms. The lowest BCUT2D eigenvalue weighted by Crippen LogP contribution is -2.23. The highest BCUT2D eigenvalue weighted by atomic mass is 35.5. The molecular weight excluding hydrogens is 367 g/mol. The summed E-state index contributed by atoms with van der Waals surface area (Å²) in [5.41, 5.74) is 1.92. The number of hydrogen-bond donors (Lipinski definition) is 1. The molecule has 0 aliphatic carbocycles. The van der Waals surface area contributed by atoms with Gasteiger partial charge in [0.25, 0.3) is 0 Å². The monoisotopic (exact) mass is 380 g/mol. The molecule has 1 atom stereocenters. The molecule has 8 heteroatoms. The first kappa shape index (κ1) is 17.1. The Morgan fingerprint density at radius 3 is 2.79 bits per heavy atom. The van der Waals surface area contributed by atoms with Gasteiger partial charge in [-0.3, -0.25) is 4.79 Å². The van der Waals surface area contributed by atoms with Crippen molar-refractivity contribution in [1.82, 2.24) is 14.5 Å². The molecular formula is C16H14Cl2N4OS. The number of nitrogens with zero attached hydrogens (tertiary/aromatic N) is 3. The lowest BCUT2D eigenvalue weighted by atomic mass is 10.3. The SMILES string of the molecule is C[C@@H](Sc1nc2ccccc2n1C)C(=O)Nc1ncc(Cl)cc1Cl. The molecule has 0 saturated heterocycles. The summed E-state index contributed by atoms with van der Waals surface area (Å²) >= 11 is 13.2. The van der Waals surface area contributed by atoms with Gasteiger partial charge >= 0.3 is 0 Å². The van der Waals surface area contributed by atoms with Crippen molar-refractivity contribution >= 4 is 57.7 Å². The molecule has 2 aromatic heterocycles. The van der Waals surface area contributed by atoms with Crippen LogP contribution in [-0.4, -0.2) is 25.7 Å². The van der Waals surface area contributed by atoms with Crippen molar-refractivity contribution in [2.45, 2.75) is 17.3 Å². The number of aromatic nitrogens is 3. The summed E-state index contributed by atoms with van der Waals surface area (Å²) in [6.07, 6.45) is 1.44. The highest BCUT2D eigenvalue weighted by molar-refractivity contribution is 8.00. The molecule has 0 unspecified atom stereocenters. The van der Waals surface area contributed by atoms with Crippen molar-refractivity contribution < 1.29 is 4.79 Å². The molecule has 0 bridgehead atoms. The van der Waals surface area contributed by atoms with Crippen molar-refractivity contribution in [1.29, 1.82) is 0 Å². The van der Waals surface area contributed by atoms with E-state index in [1.54, 1.807) is 0 Å². The van der Waals surface area contributed by atoms with Gasteiger partial charge in [-0.05, 0) is 25.1 Å². The number of fused-ring (bicyclic) bond motifs is 1. The molecule has 2 heterocycles. The quantitative estimate of drug-likeness (QED) is 0.681. The van der Waals surface area contributed by atoms with E-state index in [0.29, 0.717) is 15.9 Å². The van der Waals surface area contributed by atoms with E-state index in [9.17, 15) is 4.79 Å². The minimum atomic E-state index is -0.367. The Morgan fingerprint density at radius 1 is 1.33 bits per heavy atom. The number of anilines is 1. The Bertz CT molecular complexity index is 912. The molecule has 1 amide bonds. The van der Waals surface area contributed by atoms with Gasteiger partial charge in [0.15, 0.2) is 11.0 Å². The van der Waals surface area contributed by atoms with Crippen LogP contribution in [0, 0.1) is 0 Å². The van der Waals surface area contributed by atoms with Crippen LogP contribution in [0.5, 0.6) is 0 Å². The second kappa shape index (κ2) is 7.01. The largest absolute Gasteiger partial charge is 0.322 e. The Labute approximate surface area is 153 Å². The first-order chi connectivity index (χ1) is 11.5. The zero-order valence-corrected chi connectivity index (χ0v) is 15.3. The van der Waals surface area contributed by atoms with Gasteiger partial charge in [-0.2, -0.15) is 0 Å². The third kappa shape index (κ3) is 3.50. The topological polar surface area (TPSA) is 59.8 Å². The van der Waals surface area contributed by atoms with Crippen molar-refractivity contribution in [2.75, 3.05) is 5.32 Å². The molecule has 1 N–H and O–H groups in total. The number of nitrogens with one attached hydrogen (secondary N) is 1. The van der Waals surface area contributed by atoms with E-state index in [1.807, 2.05) is 42.8 Å². The summed E-state index contributed by atoms with van der Waals surface area (Å²) in [5, 5.41) is 3.84. The third-order valence-corrected chi connectivity index (χ3v) is 5.09. The van der Waals surface area contributed by atoms with Crippen LogP contribution in [0.1, 0.15) is 6.92 Å². The summed E-state index contributed by atoms with van der Waals surface area (Å²) in [6, 6.07) is 9.38. The first-order valence-corrected chi connectivity index (χ1v) is 8.79. The van der Waals surface area contributed by atoms with Gasteiger partial charge in [-0.1, -0.05) is 47.1 Å². The van der Waals surface area contributed by atoms with E-state index in [0.717, 1.165) is 16.2 Å². The van der Waals surface area contributed by atoms with E-state index < -0.39 is 0 Å². The van der Waals surface area contributed by atoms with Crippen LogP contribution in [0.25, 0.3) is 11.0 Å². The molecule has 0 aliphatic heterocycles. The van der Waals surface area contributed by atoms with E-state index in [-0.39, 0.29) is 11.2 Å². The Balaban J connectivity index is 1.74. The number of amides is 1. The third-order valence-electron chi connectivity index (χ3n) is 3.45. The molecule has 124 valence electrons. The van der Waals surface area contributed by atoms with Crippen molar-refractivity contribution in [3.05, 3.63) is 46.6 Å². The number of benzene rings is 1. The number of para-hydroxylation sites is 2. The minimum absolute atomic E-state index is 0.205. The van der Waals surface area contributed by atoms with E-state index in [2.05, 4.69) is 15.3 Å². The van der Waals surface area contributed by atoms with Gasteiger partial charge in [0.1, 0.15) is 0 Å². The van der Waals surface area contributed by atoms with E-state index >= 15 is 0 Å². The number of carbonyl (C=O) groups is 1. The van der Waals surface area contributed by atoms with Gasteiger partial charge in [0.2, 0.25) is 5.91 Å². The fourth-order valence-electron chi connectivity index (χ4n) is 2.17. The van der Waals surface area contributed by atoms with Gasteiger partial charge < -0.3 is 9.88 Å². The summed E-state index contributed by atoms with van der Waals surface area (Å²) < 4.78 is 1.97. The second-order valence-corrected chi connectivity index (χ2v) is 7.33. The lowest BCUT2D eigenvalue weighted by molar-refractivity contribution is -0.115. The molecule has 1 aromatic carbocycles. The van der Waals surface area contributed by atoms with Gasteiger partial charge in [-0.25, -0.2) is 9.97 Å². The number of halogens is 2. The van der Waals surface area contributed by atoms with Crippen molar-refractivity contribution in [3.63, 3.8) is 0 Å². The van der Waals surface area contributed by atoms with E-state index in [4.69, 9.17) is 23.2 Å². The minimum Gasteiger partial charge on any atom is -0.322 e. The predicted molar refractivity (Wildman–Crippen MR) is 98.9 cm³/mol. The molecule has 0 radical (unpaired) electrons. The molecule has 3 rings (SSSR count). The van der Waals surface area contributed by atoms with Crippen LogP contribution in [0.15, 0.2) is 41.7 Å². The number of thioether (sulfide) groups is 1. The van der Waals surface area contributed by atoms with Crippen LogP contribution in [0.2, 0.25) is 10.0 Å². The van der Waals surface area contributed by atoms with Crippen LogP contribution in [0.4, 0.5) is 5.82 Å². The number of hydrogen-bond acceptors (Lipinski definition) is 4. The number of rotatable bonds is 4. The summed E-state index contributed by atoms with van der Waals surface area (Å²) in [6.45, 7) is 1.81. The highest BCUT2D eigenvalue weighted by Gasteiger charge is 2.19. The zero-order valence-electron chi connectivity index (χ0n) is 13.0. The lowest BCUT2D eigenvalue weighted by Gasteiger charge is -2.12. The van der Waals surface area contributed by atoms with Gasteiger partial charge in [0, 0.05) is 13.2 Å². The second-order valence-electron chi connectivity index (χ2n) is 5.18. The molecule has 5 nitrogen and oxygen atoms in total. The van der Waals surface area contributed by atoms with Crippen LogP contribution >= 0.6 is 35.0 Å². The average molecular weight is 381 g/mol. The predicted octanol–water partition coefficient (Wildman–Crippen LogP) is 4.39. The Hall–Kier alpha value is -1.76. The summed E-state index contributed by atoms with van der Waals surface area (Å²) in [7, 11) is 1.93. The summed E-state index contributed by atoms with van der Waals surface area (Å²) in [4.78, 5) is 21.0. The standard InChI is InChI=1S/C16H14Cl2N4OS/c1-9(15(23)21-14-11(18)7-10(17)8-19-14)24-16-20-12-5-3-4-6-13(12)22(16)2/h3-9H,1-2H3,(H,19,21,23)/t9-/m1/s1. The number of pyridine rings is 1. The molecule has 0 saturated carbocycles. The fourth-order valence-corrected chi connectivity index (χ4v) is 3.48. The Kier molecular flexibility index (Phi) is 4.99. The van der Waals surface area contributed by atoms with E-state index in [1.165, 1.54) is 24.0 Å². The number of carbonyl (C=O) groups excluding carboxylic acids is 1. The molecule has 0 fully saturated rings. The average Bonchev–Trinajstić information content (AvgIpc) is 2.86. The van der Waals surface area contributed by atoms with Crippen LogP contribution in [0.3, 0.4) is 0 Å². The summed E-state index contributed by atoms with van der Waals surface area (Å²) in [5.74, 6) is 0.0901. The fraction of sp³-hybridized carbons (Fsp3) is 0.188. The van der Waals surface area contributed by atoms with Crippen molar-refractivity contribution in [3.8, 4) is 0 Å². The first-order valence-electron chi connectivity index (χ1n) is 7.15. The molecule has 0 aliphatic rings. The zero-order chi connectivity index (χ0) is 17.3. The van der Waals surface area contributed by atoms with Crippen LogP contribution < -0.4 is 5.32 Å². The maximum Gasteiger partial charge on any atom is 0.238 e. The molecule has 3 aromatic rings. The van der Waals surface area contributed by atoms with Gasteiger partial charge in [-0.15, -0.1) is 0 Å². The number of imidazole rings is 1. The Morgan fingerprint density at radius 2 is 2.08 bits per heavy atom. The van der Waals surface area contributed by atoms with Crippen LogP contribution in [-0.2, 0) is 11.8 Å². The molecule has 0 spiro atoms. The van der Waals surface area contributed by atoms with Gasteiger partial charge in [0.05, 0.1) is 26.3 Å². The maximum absolute atomic E-state index is 12.4. The van der Waals surface area contributed by atoms with Crippen molar-refractivity contribution in [2.24, 2.45) is 7.05 Å². The normalized spacial score (nSPS) is 12.3.